The number of allylic oxidation sites excluding steroid dienone is 2. The van der Waals surface area contributed by atoms with Crippen molar-refractivity contribution in [1.82, 2.24) is 0 Å². The van der Waals surface area contributed by atoms with Crippen LogP contribution in [0.2, 0.25) is 18.1 Å². The lowest BCUT2D eigenvalue weighted by Crippen LogP contribution is -2.54. The van der Waals surface area contributed by atoms with E-state index in [1.54, 1.807) is 11.1 Å². The highest BCUT2D eigenvalue weighted by molar-refractivity contribution is 6.61. The minimum Gasteiger partial charge on any atom is -0.122 e. The zero-order chi connectivity index (χ0) is 29.1. The van der Waals surface area contributed by atoms with Crippen LogP contribution in [0.5, 0.6) is 0 Å². The molecule has 0 fully saturated rings. The van der Waals surface area contributed by atoms with Crippen molar-refractivity contribution in [2.75, 3.05) is 0 Å². The quantitative estimate of drug-likeness (QED) is 0.270. The molecule has 0 amide bonds. The van der Waals surface area contributed by atoms with Crippen LogP contribution in [-0.2, 0) is 21.7 Å². The van der Waals surface area contributed by atoms with E-state index in [0.717, 1.165) is 0 Å². The van der Waals surface area contributed by atoms with Gasteiger partial charge in [-0.15, -0.1) is 5.73 Å². The van der Waals surface area contributed by atoms with E-state index in [-0.39, 0.29) is 32.1 Å². The Bertz CT molecular complexity index is 1460. The van der Waals surface area contributed by atoms with Crippen LogP contribution in [0.15, 0.2) is 58.8 Å². The molecule has 0 heterocycles. The van der Waals surface area contributed by atoms with Crippen LogP contribution < -0.4 is 0 Å². The molecule has 0 aliphatic heterocycles. The summed E-state index contributed by atoms with van der Waals surface area (Å²) < 4.78 is 0. The van der Waals surface area contributed by atoms with E-state index in [1.165, 1.54) is 45.4 Å². The molecule has 0 aromatic heterocycles. The van der Waals surface area contributed by atoms with E-state index in [4.69, 9.17) is 0 Å². The molecule has 3 aliphatic rings. The van der Waals surface area contributed by atoms with Gasteiger partial charge < -0.3 is 0 Å². The first kappa shape index (κ1) is 28.4. The number of fused-ring (bicyclic) bond motifs is 2. The summed E-state index contributed by atoms with van der Waals surface area (Å²) in [6.45, 7) is 34.2. The van der Waals surface area contributed by atoms with Gasteiger partial charge in [-0.25, -0.2) is 0 Å². The molecule has 1 heteroatoms. The van der Waals surface area contributed by atoms with Gasteiger partial charge in [-0.3, -0.25) is 0 Å². The van der Waals surface area contributed by atoms with Crippen molar-refractivity contribution in [1.29, 1.82) is 0 Å². The fourth-order valence-corrected chi connectivity index (χ4v) is 12.1. The second-order valence-corrected chi connectivity index (χ2v) is 19.7. The summed E-state index contributed by atoms with van der Waals surface area (Å²) in [5.74, 6) is 0. The first-order chi connectivity index (χ1) is 17.8. The maximum Gasteiger partial charge on any atom is 0.0520 e. The number of benzene rings is 2. The fourth-order valence-electron chi connectivity index (χ4n) is 9.57. The molecule has 208 valence electrons. The normalized spacial score (nSPS) is 30.7. The van der Waals surface area contributed by atoms with E-state index < -0.39 is 8.80 Å². The Morgan fingerprint density at radius 3 is 1.79 bits per heavy atom. The standard InChI is InChI=1S/C38H52Si/c1-24-19-25(2)37(12,39(13)14)36(24,11)38(29-17-15-28(16-18-29)33(4,5)6)26(3)20-27-21-31-32(22-30(27)38)35(9,10)23-34(31,7)8/h15-18,20-22,39H,23H2,1-14H3. The minimum atomic E-state index is -1.17. The Labute approximate surface area is 241 Å². The molecule has 3 atom stereocenters. The summed E-state index contributed by atoms with van der Waals surface area (Å²) in [4.78, 5) is 0. The highest BCUT2D eigenvalue weighted by atomic mass is 28.3. The lowest BCUT2D eigenvalue weighted by Gasteiger charge is -2.58. The molecule has 0 N–H and O–H groups in total. The van der Waals surface area contributed by atoms with Gasteiger partial charge in [0.1, 0.15) is 0 Å². The Balaban J connectivity index is 1.92. The molecule has 0 nitrogen and oxygen atoms in total. The molecule has 5 rings (SSSR count). The van der Waals surface area contributed by atoms with Gasteiger partial charge >= 0.3 is 0 Å². The van der Waals surface area contributed by atoms with Gasteiger partial charge in [0.25, 0.3) is 0 Å². The highest BCUT2D eigenvalue weighted by Gasteiger charge is 2.66. The van der Waals surface area contributed by atoms with Gasteiger partial charge in [-0.1, -0.05) is 123 Å². The van der Waals surface area contributed by atoms with Crippen molar-refractivity contribution in [2.45, 2.75) is 129 Å². The van der Waals surface area contributed by atoms with E-state index in [9.17, 15) is 0 Å². The van der Waals surface area contributed by atoms with Crippen molar-refractivity contribution in [3.63, 3.8) is 0 Å². The van der Waals surface area contributed by atoms with Gasteiger partial charge in [-0.2, -0.15) is 0 Å². The molecule has 0 radical (unpaired) electrons. The van der Waals surface area contributed by atoms with Crippen LogP contribution in [0.25, 0.3) is 6.08 Å². The van der Waals surface area contributed by atoms with Gasteiger partial charge in [0.05, 0.1) is 5.41 Å². The summed E-state index contributed by atoms with van der Waals surface area (Å²) in [6.07, 6.45) is 3.74. The molecule has 0 saturated heterocycles. The molecule has 0 spiro atoms. The second-order valence-electron chi connectivity index (χ2n) is 16.2. The average Bonchev–Trinajstić information content (AvgIpc) is 3.28. The fraction of sp³-hybridized carbons (Fsp3) is 0.553. The van der Waals surface area contributed by atoms with Crippen molar-refractivity contribution >= 4 is 14.9 Å². The van der Waals surface area contributed by atoms with Crippen molar-refractivity contribution < 1.29 is 0 Å². The van der Waals surface area contributed by atoms with Gasteiger partial charge in [0.15, 0.2) is 0 Å². The largest absolute Gasteiger partial charge is 0.122 e. The molecule has 2 aromatic carbocycles. The van der Waals surface area contributed by atoms with Crippen molar-refractivity contribution in [3.8, 4) is 0 Å². The number of hydrogen-bond acceptors (Lipinski definition) is 0. The molecule has 0 bridgehead atoms. The summed E-state index contributed by atoms with van der Waals surface area (Å²) >= 11 is 0. The predicted molar refractivity (Wildman–Crippen MR) is 174 cm³/mol. The maximum absolute atomic E-state index is 3.96. The van der Waals surface area contributed by atoms with E-state index in [1.807, 2.05) is 0 Å². The summed E-state index contributed by atoms with van der Waals surface area (Å²) in [6, 6.07) is 15.0. The van der Waals surface area contributed by atoms with Gasteiger partial charge in [0, 0.05) is 14.2 Å². The van der Waals surface area contributed by atoms with E-state index in [0.29, 0.717) is 0 Å². The smallest absolute Gasteiger partial charge is 0.0520 e. The summed E-state index contributed by atoms with van der Waals surface area (Å²) in [5.41, 5.74) is 17.4. The zero-order valence-corrected chi connectivity index (χ0v) is 28.5. The van der Waals surface area contributed by atoms with Crippen LogP contribution in [0.3, 0.4) is 0 Å². The third-order valence-electron chi connectivity index (χ3n) is 11.9. The summed E-state index contributed by atoms with van der Waals surface area (Å²) in [5, 5.41) is 0.101. The first-order valence-corrected chi connectivity index (χ1v) is 18.1. The Morgan fingerprint density at radius 1 is 0.744 bits per heavy atom. The molecule has 3 aliphatic carbocycles. The third-order valence-corrected chi connectivity index (χ3v) is 15.3. The van der Waals surface area contributed by atoms with E-state index in [2.05, 4.69) is 144 Å². The average molecular weight is 537 g/mol. The molecule has 39 heavy (non-hydrogen) atoms. The minimum absolute atomic E-state index is 0.101. The first-order valence-electron chi connectivity index (χ1n) is 15.2. The van der Waals surface area contributed by atoms with Crippen LogP contribution in [0, 0.1) is 5.41 Å². The topological polar surface area (TPSA) is 0 Å². The Hall–Kier alpha value is -2.08. The van der Waals surface area contributed by atoms with Crippen LogP contribution >= 0.6 is 0 Å². The van der Waals surface area contributed by atoms with Crippen LogP contribution in [-0.4, -0.2) is 8.80 Å². The van der Waals surface area contributed by atoms with Crippen molar-refractivity contribution in [2.24, 2.45) is 5.41 Å². The van der Waals surface area contributed by atoms with Gasteiger partial charge in [0.2, 0.25) is 0 Å². The highest BCUT2D eigenvalue weighted by Crippen LogP contribution is 2.73. The lowest BCUT2D eigenvalue weighted by atomic mass is 9.49. The Kier molecular flexibility index (Phi) is 6.01. The van der Waals surface area contributed by atoms with Crippen molar-refractivity contribution in [3.05, 3.63) is 92.2 Å². The molecular formula is C38H52Si. The number of rotatable bonds is 3. The monoisotopic (exact) mass is 536 g/mol. The molecule has 2 aromatic rings. The predicted octanol–water partition coefficient (Wildman–Crippen LogP) is 10.4. The zero-order valence-electron chi connectivity index (χ0n) is 27.3. The lowest BCUT2D eigenvalue weighted by molar-refractivity contribution is 0.211. The summed E-state index contributed by atoms with van der Waals surface area (Å²) in [7, 11) is -1.17. The number of hydrogen-bond donors (Lipinski definition) is 0. The second kappa shape index (κ2) is 8.24. The van der Waals surface area contributed by atoms with Crippen LogP contribution in [0.4, 0.5) is 0 Å². The maximum atomic E-state index is 3.96. The van der Waals surface area contributed by atoms with Crippen LogP contribution in [0.1, 0.15) is 123 Å². The molecule has 3 unspecified atom stereocenters. The molecule has 0 saturated carbocycles. The SMILES string of the molecule is CC1=C=C(C)C(C)(C2(c3ccc(C(C)(C)C)cc3)C(C)=Cc3cc4c(cc32)C(C)(C)CC4(C)C)C1(C)[SiH](C)C. The Morgan fingerprint density at radius 2 is 1.28 bits per heavy atom. The molecular weight excluding hydrogens is 485 g/mol. The van der Waals surface area contributed by atoms with Gasteiger partial charge in [-0.05, 0) is 93.0 Å². The van der Waals surface area contributed by atoms with E-state index >= 15 is 0 Å². The third kappa shape index (κ3) is 3.42.